The van der Waals surface area contributed by atoms with E-state index < -0.39 is 0 Å². The fourth-order valence-corrected chi connectivity index (χ4v) is 8.89. The molecule has 0 amide bonds. The standard InChI is InChI=1S/C32H51BrN2O/c1-32(2,3)28-19-17-27(18-20-28)31-35-34-30(36-31)26-15-13-25(14-16-26)24-11-9-22(10-12-24)7-8-23-5-4-6-29(33)21-23/h7-8,22-29H,4-6,9-21H2,1-3H3/b8-7+. The van der Waals surface area contributed by atoms with Crippen molar-refractivity contribution in [3.63, 3.8) is 0 Å². The van der Waals surface area contributed by atoms with Gasteiger partial charge < -0.3 is 4.42 Å². The molecule has 4 aliphatic rings. The molecule has 2 atom stereocenters. The normalized spacial score (nSPS) is 38.9. The lowest BCUT2D eigenvalue weighted by Crippen LogP contribution is -2.25. The lowest BCUT2D eigenvalue weighted by atomic mass is 9.69. The molecule has 4 fully saturated rings. The average Bonchev–Trinajstić information content (AvgIpc) is 3.38. The van der Waals surface area contributed by atoms with E-state index in [1.807, 2.05) is 0 Å². The van der Waals surface area contributed by atoms with E-state index >= 15 is 0 Å². The number of aromatic nitrogens is 2. The van der Waals surface area contributed by atoms with Gasteiger partial charge in [0.25, 0.3) is 0 Å². The summed E-state index contributed by atoms with van der Waals surface area (Å²) in [5, 5.41) is 9.12. The molecule has 0 bridgehead atoms. The molecular formula is C32H51BrN2O. The first-order valence-corrected chi connectivity index (χ1v) is 16.4. The van der Waals surface area contributed by atoms with Crippen molar-refractivity contribution in [1.82, 2.24) is 10.2 Å². The Balaban J connectivity index is 1.04. The first kappa shape index (κ1) is 26.9. The van der Waals surface area contributed by atoms with Gasteiger partial charge in [0.1, 0.15) is 0 Å². The van der Waals surface area contributed by atoms with Gasteiger partial charge in [-0.2, -0.15) is 0 Å². The minimum Gasteiger partial charge on any atom is -0.425 e. The molecule has 2 unspecified atom stereocenters. The van der Waals surface area contributed by atoms with Gasteiger partial charge in [0.15, 0.2) is 0 Å². The second-order valence-corrected chi connectivity index (χ2v) is 15.4. The predicted molar refractivity (Wildman–Crippen MR) is 152 cm³/mol. The Morgan fingerprint density at radius 1 is 0.667 bits per heavy atom. The van der Waals surface area contributed by atoms with Crippen molar-refractivity contribution < 1.29 is 4.42 Å². The summed E-state index contributed by atoms with van der Waals surface area (Å²) in [5.74, 6) is 7.24. The molecule has 5 rings (SSSR count). The summed E-state index contributed by atoms with van der Waals surface area (Å²) in [4.78, 5) is 0.749. The van der Waals surface area contributed by atoms with Crippen molar-refractivity contribution in [2.75, 3.05) is 0 Å². The summed E-state index contributed by atoms with van der Waals surface area (Å²) in [5.41, 5.74) is 0.422. The van der Waals surface area contributed by atoms with Crippen molar-refractivity contribution in [2.45, 2.75) is 140 Å². The molecule has 3 nitrogen and oxygen atoms in total. The largest absolute Gasteiger partial charge is 0.425 e. The van der Waals surface area contributed by atoms with E-state index in [-0.39, 0.29) is 0 Å². The topological polar surface area (TPSA) is 38.9 Å². The number of allylic oxidation sites excluding steroid dienone is 2. The summed E-state index contributed by atoms with van der Waals surface area (Å²) >= 11 is 3.85. The van der Waals surface area contributed by atoms with Crippen molar-refractivity contribution in [2.24, 2.45) is 35.0 Å². The highest BCUT2D eigenvalue weighted by molar-refractivity contribution is 9.09. The maximum atomic E-state index is 6.33. The second-order valence-electron chi connectivity index (χ2n) is 14.1. The van der Waals surface area contributed by atoms with Crippen LogP contribution in [0.15, 0.2) is 16.6 Å². The number of nitrogens with zero attached hydrogens (tertiary/aromatic N) is 2. The van der Waals surface area contributed by atoms with Crippen molar-refractivity contribution in [3.05, 3.63) is 23.9 Å². The Morgan fingerprint density at radius 3 is 1.75 bits per heavy atom. The molecule has 202 valence electrons. The van der Waals surface area contributed by atoms with Crippen LogP contribution in [0.3, 0.4) is 0 Å². The molecule has 4 heteroatoms. The fraction of sp³-hybridized carbons (Fsp3) is 0.875. The molecule has 0 radical (unpaired) electrons. The Bertz CT molecular complexity index is 833. The molecule has 0 aliphatic heterocycles. The summed E-state index contributed by atoms with van der Waals surface area (Å²) in [6.45, 7) is 7.16. The van der Waals surface area contributed by atoms with Gasteiger partial charge in [-0.3, -0.25) is 0 Å². The number of hydrogen-bond donors (Lipinski definition) is 0. The molecule has 1 heterocycles. The van der Waals surface area contributed by atoms with Crippen LogP contribution in [-0.4, -0.2) is 15.0 Å². The molecule has 1 aromatic heterocycles. The van der Waals surface area contributed by atoms with Gasteiger partial charge in [-0.05, 0) is 131 Å². The fourth-order valence-electron chi connectivity index (χ4n) is 8.08. The molecule has 0 aromatic carbocycles. The zero-order valence-corrected chi connectivity index (χ0v) is 24.9. The summed E-state index contributed by atoms with van der Waals surface area (Å²) in [6, 6.07) is 0. The van der Waals surface area contributed by atoms with Gasteiger partial charge in [0, 0.05) is 16.7 Å². The van der Waals surface area contributed by atoms with E-state index in [2.05, 4.69) is 59.1 Å². The number of alkyl halides is 1. The highest BCUT2D eigenvalue weighted by atomic mass is 79.9. The van der Waals surface area contributed by atoms with Crippen LogP contribution in [0.2, 0.25) is 0 Å². The van der Waals surface area contributed by atoms with E-state index in [9.17, 15) is 0 Å². The molecule has 4 saturated carbocycles. The highest BCUT2D eigenvalue weighted by Gasteiger charge is 2.35. The smallest absolute Gasteiger partial charge is 0.219 e. The molecule has 0 N–H and O–H groups in total. The SMILES string of the molecule is CC(C)(C)C1CCC(c2nnc(C3CCC(C4CCC(/C=C/C5CCCC(Br)C5)CC4)CC3)o2)CC1. The Hall–Kier alpha value is -0.640. The van der Waals surface area contributed by atoms with Gasteiger partial charge in [-0.15, -0.1) is 10.2 Å². The zero-order valence-electron chi connectivity index (χ0n) is 23.3. The number of rotatable bonds is 5. The van der Waals surface area contributed by atoms with Crippen molar-refractivity contribution in [1.29, 1.82) is 0 Å². The van der Waals surface area contributed by atoms with Crippen molar-refractivity contribution >= 4 is 15.9 Å². The molecule has 0 spiro atoms. The first-order chi connectivity index (χ1) is 17.3. The predicted octanol–water partition coefficient (Wildman–Crippen LogP) is 9.98. The van der Waals surface area contributed by atoms with E-state index in [1.54, 1.807) is 0 Å². The second kappa shape index (κ2) is 12.0. The highest BCUT2D eigenvalue weighted by Crippen LogP contribution is 2.46. The zero-order chi connectivity index (χ0) is 25.1. The van der Waals surface area contributed by atoms with Crippen LogP contribution < -0.4 is 0 Å². The summed E-state index contributed by atoms with van der Waals surface area (Å²) in [7, 11) is 0. The van der Waals surface area contributed by atoms with Gasteiger partial charge in [-0.1, -0.05) is 55.3 Å². The van der Waals surface area contributed by atoms with Crippen LogP contribution in [0.4, 0.5) is 0 Å². The molecule has 0 saturated heterocycles. The van der Waals surface area contributed by atoms with Gasteiger partial charge in [0.2, 0.25) is 11.8 Å². The summed E-state index contributed by atoms with van der Waals surface area (Å²) < 4.78 is 6.33. The minimum atomic E-state index is 0.422. The van der Waals surface area contributed by atoms with Crippen LogP contribution in [0.1, 0.15) is 147 Å². The minimum absolute atomic E-state index is 0.422. The van der Waals surface area contributed by atoms with E-state index in [4.69, 9.17) is 4.42 Å². The average molecular weight is 560 g/mol. The van der Waals surface area contributed by atoms with Crippen LogP contribution in [0.5, 0.6) is 0 Å². The Kier molecular flexibility index (Phi) is 9.01. The van der Waals surface area contributed by atoms with Crippen molar-refractivity contribution in [3.8, 4) is 0 Å². The van der Waals surface area contributed by atoms with Gasteiger partial charge >= 0.3 is 0 Å². The third-order valence-electron chi connectivity index (χ3n) is 10.7. The van der Waals surface area contributed by atoms with Gasteiger partial charge in [0.05, 0.1) is 0 Å². The lowest BCUT2D eigenvalue weighted by molar-refractivity contribution is 0.156. The summed E-state index contributed by atoms with van der Waals surface area (Å²) in [6.07, 6.45) is 26.6. The molecular weight excluding hydrogens is 508 g/mol. The number of hydrogen-bond acceptors (Lipinski definition) is 3. The maximum absolute atomic E-state index is 6.33. The van der Waals surface area contributed by atoms with Gasteiger partial charge in [-0.25, -0.2) is 0 Å². The molecule has 4 aliphatic carbocycles. The van der Waals surface area contributed by atoms with Crippen LogP contribution in [0, 0.1) is 35.0 Å². The molecule has 36 heavy (non-hydrogen) atoms. The van der Waals surface area contributed by atoms with E-state index in [0.717, 1.165) is 46.2 Å². The Morgan fingerprint density at radius 2 is 1.19 bits per heavy atom. The third kappa shape index (κ3) is 6.86. The Labute approximate surface area is 229 Å². The van der Waals surface area contributed by atoms with E-state index in [0.29, 0.717) is 17.3 Å². The monoisotopic (exact) mass is 558 g/mol. The van der Waals surface area contributed by atoms with Crippen LogP contribution >= 0.6 is 15.9 Å². The lowest BCUT2D eigenvalue weighted by Gasteiger charge is -2.37. The molecule has 1 aromatic rings. The maximum Gasteiger partial charge on any atom is 0.219 e. The quantitative estimate of drug-likeness (QED) is 0.266. The van der Waals surface area contributed by atoms with E-state index in [1.165, 1.54) is 103 Å². The van der Waals surface area contributed by atoms with Crippen LogP contribution in [0.25, 0.3) is 0 Å². The van der Waals surface area contributed by atoms with Crippen LogP contribution in [-0.2, 0) is 0 Å². The third-order valence-corrected chi connectivity index (χ3v) is 11.5. The number of halogens is 1. The first-order valence-electron chi connectivity index (χ1n) is 15.5.